The van der Waals surface area contributed by atoms with Crippen molar-refractivity contribution in [1.29, 1.82) is 0 Å². The fourth-order valence-corrected chi connectivity index (χ4v) is 3.20. The Morgan fingerprint density at radius 2 is 2.43 bits per heavy atom. The maximum atomic E-state index is 12.5. The van der Waals surface area contributed by atoms with Gasteiger partial charge in [0.2, 0.25) is 0 Å². The summed E-state index contributed by atoms with van der Waals surface area (Å²) in [6.45, 7) is 3.52. The van der Waals surface area contributed by atoms with E-state index in [2.05, 4.69) is 11.8 Å². The number of carbonyl (C=O) groups is 1. The van der Waals surface area contributed by atoms with Crippen molar-refractivity contribution in [3.63, 3.8) is 0 Å². The normalized spacial score (nSPS) is 21.8. The molecule has 1 N–H and O–H groups in total. The molecule has 0 spiro atoms. The number of carbonyl (C=O) groups excluding carboxylic acids is 1. The van der Waals surface area contributed by atoms with Crippen molar-refractivity contribution in [2.75, 3.05) is 26.8 Å². The summed E-state index contributed by atoms with van der Waals surface area (Å²) in [6, 6.07) is 1.83. The SMILES string of the molecule is COC1(C)CCCN(C(=O)c2csc(C#CCCO)c2)C1. The molecular formula is C16H21NO3S. The number of hydrogen-bond donors (Lipinski definition) is 1. The number of nitrogens with zero attached hydrogens (tertiary/aromatic N) is 1. The quantitative estimate of drug-likeness (QED) is 0.870. The van der Waals surface area contributed by atoms with Crippen LogP contribution in [0.2, 0.25) is 0 Å². The van der Waals surface area contributed by atoms with Crippen LogP contribution in [-0.2, 0) is 4.74 Å². The lowest BCUT2D eigenvalue weighted by Crippen LogP contribution is -2.49. The largest absolute Gasteiger partial charge is 0.395 e. The minimum absolute atomic E-state index is 0.0458. The second-order valence-electron chi connectivity index (χ2n) is 5.46. The van der Waals surface area contributed by atoms with Gasteiger partial charge in [-0.25, -0.2) is 0 Å². The number of hydrogen-bond acceptors (Lipinski definition) is 4. The van der Waals surface area contributed by atoms with E-state index in [-0.39, 0.29) is 18.1 Å². The monoisotopic (exact) mass is 307 g/mol. The Labute approximate surface area is 129 Å². The van der Waals surface area contributed by atoms with Crippen molar-refractivity contribution >= 4 is 17.2 Å². The molecule has 1 unspecified atom stereocenters. The van der Waals surface area contributed by atoms with E-state index in [0.717, 1.165) is 24.3 Å². The van der Waals surface area contributed by atoms with E-state index < -0.39 is 0 Å². The van der Waals surface area contributed by atoms with E-state index in [1.165, 1.54) is 11.3 Å². The van der Waals surface area contributed by atoms with Gasteiger partial charge in [-0.2, -0.15) is 0 Å². The van der Waals surface area contributed by atoms with Crippen LogP contribution in [0.25, 0.3) is 0 Å². The number of methoxy groups -OCH3 is 1. The molecule has 0 saturated carbocycles. The maximum Gasteiger partial charge on any atom is 0.254 e. The van der Waals surface area contributed by atoms with Gasteiger partial charge in [-0.3, -0.25) is 4.79 Å². The molecule has 1 aliphatic rings. The standard InChI is InChI=1S/C16H21NO3S/c1-16(20-2)7-5-8-17(12-16)15(19)13-10-14(21-11-13)6-3-4-9-18/h10-11,18H,4-5,7-9,12H2,1-2H3. The summed E-state index contributed by atoms with van der Waals surface area (Å²) in [6.07, 6.45) is 2.40. The molecule has 2 heterocycles. The molecule has 5 heteroatoms. The number of aliphatic hydroxyl groups excluding tert-OH is 1. The molecule has 1 aromatic rings. The van der Waals surface area contributed by atoms with Crippen LogP contribution in [0.1, 0.15) is 41.4 Å². The Morgan fingerprint density at radius 1 is 1.62 bits per heavy atom. The Bertz CT molecular complexity index is 557. The van der Waals surface area contributed by atoms with Crippen molar-refractivity contribution in [2.45, 2.75) is 31.8 Å². The number of likely N-dealkylation sites (tertiary alicyclic amines) is 1. The van der Waals surface area contributed by atoms with Crippen molar-refractivity contribution < 1.29 is 14.6 Å². The molecule has 0 aromatic carbocycles. The minimum Gasteiger partial charge on any atom is -0.395 e. The van der Waals surface area contributed by atoms with Crippen LogP contribution in [-0.4, -0.2) is 48.3 Å². The molecule has 114 valence electrons. The molecule has 0 aliphatic carbocycles. The third-order valence-electron chi connectivity index (χ3n) is 3.73. The summed E-state index contributed by atoms with van der Waals surface area (Å²) in [5, 5.41) is 10.6. The lowest BCUT2D eigenvalue weighted by Gasteiger charge is -2.39. The lowest BCUT2D eigenvalue weighted by atomic mass is 9.94. The Hall–Kier alpha value is -1.35. The highest BCUT2D eigenvalue weighted by atomic mass is 32.1. The van der Waals surface area contributed by atoms with Crippen molar-refractivity contribution in [1.82, 2.24) is 4.90 Å². The average Bonchev–Trinajstić information content (AvgIpc) is 2.96. The smallest absolute Gasteiger partial charge is 0.254 e. The lowest BCUT2D eigenvalue weighted by molar-refractivity contribution is -0.0440. The highest BCUT2D eigenvalue weighted by Gasteiger charge is 2.33. The van der Waals surface area contributed by atoms with E-state index in [9.17, 15) is 4.79 Å². The van der Waals surface area contributed by atoms with Gasteiger partial charge in [0.15, 0.2) is 0 Å². The zero-order chi connectivity index (χ0) is 15.3. The van der Waals surface area contributed by atoms with Crippen molar-refractivity contribution in [2.24, 2.45) is 0 Å². The summed E-state index contributed by atoms with van der Waals surface area (Å²) in [5.74, 6) is 5.88. The summed E-state index contributed by atoms with van der Waals surface area (Å²) in [4.78, 5) is 15.3. The topological polar surface area (TPSA) is 49.8 Å². The molecule has 1 atom stereocenters. The molecule has 0 bridgehead atoms. The zero-order valence-corrected chi connectivity index (χ0v) is 13.3. The van der Waals surface area contributed by atoms with Crippen LogP contribution < -0.4 is 0 Å². The van der Waals surface area contributed by atoms with Crippen LogP contribution in [0, 0.1) is 11.8 Å². The van der Waals surface area contributed by atoms with Crippen molar-refractivity contribution in [3.8, 4) is 11.8 Å². The van der Waals surface area contributed by atoms with Gasteiger partial charge in [0.1, 0.15) is 0 Å². The second kappa shape index (κ2) is 7.08. The van der Waals surface area contributed by atoms with Gasteiger partial charge in [-0.1, -0.05) is 11.8 Å². The molecule has 1 aliphatic heterocycles. The van der Waals surface area contributed by atoms with Crippen LogP contribution in [0.3, 0.4) is 0 Å². The highest BCUT2D eigenvalue weighted by Crippen LogP contribution is 2.26. The van der Waals surface area contributed by atoms with Gasteiger partial charge in [0.25, 0.3) is 5.91 Å². The highest BCUT2D eigenvalue weighted by molar-refractivity contribution is 7.10. The fraction of sp³-hybridized carbons (Fsp3) is 0.562. The number of rotatable bonds is 3. The summed E-state index contributed by atoms with van der Waals surface area (Å²) in [7, 11) is 1.70. The zero-order valence-electron chi connectivity index (χ0n) is 12.5. The molecule has 0 radical (unpaired) electrons. The van der Waals surface area contributed by atoms with E-state index in [1.807, 2.05) is 23.3 Å². The molecule has 2 rings (SSSR count). The molecule has 4 nitrogen and oxygen atoms in total. The van der Waals surface area contributed by atoms with E-state index in [0.29, 0.717) is 18.5 Å². The predicted molar refractivity (Wildman–Crippen MR) is 83.5 cm³/mol. The summed E-state index contributed by atoms with van der Waals surface area (Å²) < 4.78 is 5.53. The van der Waals surface area contributed by atoms with Gasteiger partial charge in [-0.15, -0.1) is 11.3 Å². The first kappa shape index (κ1) is 16.0. The van der Waals surface area contributed by atoms with Crippen LogP contribution >= 0.6 is 11.3 Å². The molecule has 21 heavy (non-hydrogen) atoms. The van der Waals surface area contributed by atoms with Gasteiger partial charge < -0.3 is 14.7 Å². The molecule has 1 saturated heterocycles. The maximum absolute atomic E-state index is 12.5. The van der Waals surface area contributed by atoms with Gasteiger partial charge in [-0.05, 0) is 25.8 Å². The average molecular weight is 307 g/mol. The Balaban J connectivity index is 2.05. The van der Waals surface area contributed by atoms with Gasteiger partial charge in [0, 0.05) is 32.0 Å². The van der Waals surface area contributed by atoms with Crippen LogP contribution in [0.5, 0.6) is 0 Å². The van der Waals surface area contributed by atoms with Gasteiger partial charge in [0.05, 0.1) is 22.6 Å². The van der Waals surface area contributed by atoms with Crippen molar-refractivity contribution in [3.05, 3.63) is 21.9 Å². The molecule has 1 fully saturated rings. The number of amides is 1. The van der Waals surface area contributed by atoms with E-state index in [1.54, 1.807) is 7.11 Å². The first-order valence-corrected chi connectivity index (χ1v) is 7.98. The Morgan fingerprint density at radius 3 is 3.14 bits per heavy atom. The first-order valence-electron chi connectivity index (χ1n) is 7.11. The number of aliphatic hydroxyl groups is 1. The fourth-order valence-electron chi connectivity index (χ4n) is 2.45. The van der Waals surface area contributed by atoms with E-state index in [4.69, 9.17) is 9.84 Å². The molecule has 1 amide bonds. The van der Waals surface area contributed by atoms with E-state index >= 15 is 0 Å². The van der Waals surface area contributed by atoms with Crippen LogP contribution in [0.15, 0.2) is 11.4 Å². The van der Waals surface area contributed by atoms with Gasteiger partial charge >= 0.3 is 0 Å². The Kier molecular flexibility index (Phi) is 5.40. The molecular weight excluding hydrogens is 286 g/mol. The first-order chi connectivity index (χ1) is 10.1. The predicted octanol–water partition coefficient (Wildman–Crippen LogP) is 2.12. The summed E-state index contributed by atoms with van der Waals surface area (Å²) >= 11 is 1.46. The number of ether oxygens (including phenoxy) is 1. The number of piperidine rings is 1. The second-order valence-corrected chi connectivity index (χ2v) is 6.37. The van der Waals surface area contributed by atoms with Crippen LogP contribution in [0.4, 0.5) is 0 Å². The third-order valence-corrected chi connectivity index (χ3v) is 4.58. The minimum atomic E-state index is -0.242. The number of thiophene rings is 1. The summed E-state index contributed by atoms with van der Waals surface area (Å²) in [5.41, 5.74) is 0.446. The third kappa shape index (κ3) is 4.07. The molecule has 1 aromatic heterocycles.